The maximum absolute atomic E-state index is 4.50. The van der Waals surface area contributed by atoms with Gasteiger partial charge in [-0.15, -0.1) is 0 Å². The van der Waals surface area contributed by atoms with Crippen molar-refractivity contribution in [2.24, 2.45) is 23.5 Å². The first-order valence-electron chi connectivity index (χ1n) is 7.65. The van der Waals surface area contributed by atoms with Crippen LogP contribution < -0.4 is 5.73 Å². The molecule has 1 heteroatoms. The molecule has 0 bridgehead atoms. The summed E-state index contributed by atoms with van der Waals surface area (Å²) in [5, 5.41) is 0. The number of nitrogens with two attached hydrogens (primary N) is 1. The highest BCUT2D eigenvalue weighted by molar-refractivity contribution is 4.63. The molecule has 0 heterocycles. The molecule has 0 aromatic rings. The zero-order valence-electron chi connectivity index (χ0n) is 13.8. The lowest BCUT2D eigenvalue weighted by Crippen LogP contribution is -2.09. The summed E-state index contributed by atoms with van der Waals surface area (Å²) in [5.74, 6) is 2.73. The number of rotatable bonds is 7. The van der Waals surface area contributed by atoms with E-state index in [0.29, 0.717) is 0 Å². The van der Waals surface area contributed by atoms with Crippen LogP contribution in [0.25, 0.3) is 0 Å². The average Bonchev–Trinajstić information content (AvgIpc) is 2.37. The fourth-order valence-corrected chi connectivity index (χ4v) is 1.69. The third kappa shape index (κ3) is 18.5. The summed E-state index contributed by atoms with van der Waals surface area (Å²) >= 11 is 0. The van der Waals surface area contributed by atoms with Gasteiger partial charge in [0.15, 0.2) is 0 Å². The highest BCUT2D eigenvalue weighted by Crippen LogP contribution is 2.23. The summed E-state index contributed by atoms with van der Waals surface area (Å²) in [7, 11) is 1.50. The first kappa shape index (κ1) is 22.2. The van der Waals surface area contributed by atoms with E-state index in [0.717, 1.165) is 17.8 Å². The Bertz CT molecular complexity index is 110. The minimum Gasteiger partial charge on any atom is -0.333 e. The quantitative estimate of drug-likeness (QED) is 0.631. The van der Waals surface area contributed by atoms with Crippen LogP contribution in [-0.2, 0) is 0 Å². The Balaban J connectivity index is -0.000000439. The minimum absolute atomic E-state index is 0.876. The van der Waals surface area contributed by atoms with Gasteiger partial charge in [0.1, 0.15) is 0 Å². The third-order valence-electron chi connectivity index (χ3n) is 3.18. The lowest BCUT2D eigenvalue weighted by atomic mass is 9.86. The Morgan fingerprint density at radius 1 is 0.765 bits per heavy atom. The van der Waals surface area contributed by atoms with Gasteiger partial charge in [-0.25, -0.2) is 0 Å². The van der Waals surface area contributed by atoms with Crippen molar-refractivity contribution in [1.29, 1.82) is 0 Å². The predicted molar refractivity (Wildman–Crippen MR) is 83.4 cm³/mol. The Morgan fingerprint density at radius 3 is 1.53 bits per heavy atom. The van der Waals surface area contributed by atoms with Gasteiger partial charge in [-0.2, -0.15) is 0 Å². The molecule has 108 valence electrons. The summed E-state index contributed by atoms with van der Waals surface area (Å²) in [6.07, 6.45) is 7.00. The van der Waals surface area contributed by atoms with Gasteiger partial charge >= 0.3 is 0 Å². The molecule has 0 radical (unpaired) electrons. The van der Waals surface area contributed by atoms with Crippen LogP contribution in [0, 0.1) is 17.8 Å². The molecular weight excluding hydrogens is 206 g/mol. The van der Waals surface area contributed by atoms with Crippen molar-refractivity contribution in [2.45, 2.75) is 80.6 Å². The van der Waals surface area contributed by atoms with E-state index in [4.69, 9.17) is 0 Å². The lowest BCUT2D eigenvalue weighted by Gasteiger charge is -2.20. The maximum atomic E-state index is 4.50. The van der Waals surface area contributed by atoms with Crippen molar-refractivity contribution in [3.63, 3.8) is 0 Å². The van der Waals surface area contributed by atoms with E-state index in [-0.39, 0.29) is 0 Å². The van der Waals surface area contributed by atoms with Crippen LogP contribution in [0.4, 0.5) is 0 Å². The summed E-state index contributed by atoms with van der Waals surface area (Å²) < 4.78 is 0. The van der Waals surface area contributed by atoms with Gasteiger partial charge in [-0.3, -0.25) is 0 Å². The molecule has 0 aliphatic carbocycles. The van der Waals surface area contributed by atoms with E-state index in [1.807, 2.05) is 13.8 Å². The average molecular weight is 245 g/mol. The van der Waals surface area contributed by atoms with Crippen molar-refractivity contribution in [2.75, 3.05) is 7.05 Å². The SMILES string of the molecule is CC.CCCCC(C)C(C)CCC(C)C.CN. The molecule has 1 nitrogen and oxygen atoms in total. The predicted octanol–water partition coefficient (Wildman–Crippen LogP) is 5.49. The number of unbranched alkanes of at least 4 members (excludes halogenated alkanes) is 1. The lowest BCUT2D eigenvalue weighted by molar-refractivity contribution is 0.315. The summed E-state index contributed by atoms with van der Waals surface area (Å²) in [6.45, 7) is 15.8. The number of hydrogen-bond acceptors (Lipinski definition) is 1. The molecule has 2 N–H and O–H groups in total. The molecule has 0 aliphatic heterocycles. The van der Waals surface area contributed by atoms with Crippen LogP contribution in [0.3, 0.4) is 0 Å². The normalized spacial score (nSPS) is 13.1. The van der Waals surface area contributed by atoms with Crippen LogP contribution in [0.2, 0.25) is 0 Å². The van der Waals surface area contributed by atoms with Crippen LogP contribution >= 0.6 is 0 Å². The Hall–Kier alpha value is -0.0400. The Labute approximate surface area is 112 Å². The standard InChI is InChI=1S/C13H28.C2H6.CH5N/c1-6-7-8-12(4)13(5)10-9-11(2)3;2*1-2/h11-13H,6-10H2,1-5H3;1-2H3;2H2,1H3. The van der Waals surface area contributed by atoms with E-state index < -0.39 is 0 Å². The molecule has 0 aromatic carbocycles. The van der Waals surface area contributed by atoms with Gasteiger partial charge in [-0.1, -0.05) is 80.6 Å². The highest BCUT2D eigenvalue weighted by Gasteiger charge is 2.11. The number of hydrogen-bond donors (Lipinski definition) is 1. The zero-order chi connectivity index (χ0) is 14.3. The molecule has 0 saturated heterocycles. The van der Waals surface area contributed by atoms with Gasteiger partial charge in [0.05, 0.1) is 0 Å². The minimum atomic E-state index is 0.876. The van der Waals surface area contributed by atoms with Gasteiger partial charge in [-0.05, 0) is 24.8 Å². The van der Waals surface area contributed by atoms with Gasteiger partial charge in [0, 0.05) is 0 Å². The highest BCUT2D eigenvalue weighted by atomic mass is 14.4. The first-order chi connectivity index (χ1) is 8.07. The van der Waals surface area contributed by atoms with E-state index in [2.05, 4.69) is 40.4 Å². The van der Waals surface area contributed by atoms with Gasteiger partial charge in [0.25, 0.3) is 0 Å². The molecule has 2 atom stereocenters. The molecule has 0 amide bonds. The molecule has 0 spiro atoms. The second-order valence-electron chi connectivity index (χ2n) is 5.07. The third-order valence-corrected chi connectivity index (χ3v) is 3.18. The van der Waals surface area contributed by atoms with Crippen molar-refractivity contribution in [3.05, 3.63) is 0 Å². The summed E-state index contributed by atoms with van der Waals surface area (Å²) in [6, 6.07) is 0. The summed E-state index contributed by atoms with van der Waals surface area (Å²) in [4.78, 5) is 0. The van der Waals surface area contributed by atoms with Crippen LogP contribution in [0.5, 0.6) is 0 Å². The van der Waals surface area contributed by atoms with Crippen molar-refractivity contribution in [1.82, 2.24) is 0 Å². The molecule has 0 rings (SSSR count). The molecule has 2 unspecified atom stereocenters. The van der Waals surface area contributed by atoms with Crippen LogP contribution in [-0.4, -0.2) is 7.05 Å². The molecule has 0 saturated carbocycles. The molecule has 0 aliphatic rings. The zero-order valence-corrected chi connectivity index (χ0v) is 13.8. The van der Waals surface area contributed by atoms with Crippen molar-refractivity contribution in [3.8, 4) is 0 Å². The monoisotopic (exact) mass is 245 g/mol. The smallest absolute Gasteiger partial charge is 0.0195 e. The molecule has 0 fully saturated rings. The summed E-state index contributed by atoms with van der Waals surface area (Å²) in [5.41, 5.74) is 4.50. The second-order valence-corrected chi connectivity index (χ2v) is 5.07. The van der Waals surface area contributed by atoms with Crippen molar-refractivity contribution >= 4 is 0 Å². The van der Waals surface area contributed by atoms with E-state index in [1.54, 1.807) is 0 Å². The molecule has 17 heavy (non-hydrogen) atoms. The largest absolute Gasteiger partial charge is 0.333 e. The van der Waals surface area contributed by atoms with E-state index in [9.17, 15) is 0 Å². The first-order valence-corrected chi connectivity index (χ1v) is 7.65. The van der Waals surface area contributed by atoms with Gasteiger partial charge < -0.3 is 5.73 Å². The molecule has 0 aromatic heterocycles. The van der Waals surface area contributed by atoms with Crippen LogP contribution in [0.1, 0.15) is 80.6 Å². The van der Waals surface area contributed by atoms with E-state index in [1.165, 1.54) is 39.2 Å². The fourth-order valence-electron chi connectivity index (χ4n) is 1.69. The maximum Gasteiger partial charge on any atom is -0.0195 e. The second kappa shape index (κ2) is 18.3. The fraction of sp³-hybridized carbons (Fsp3) is 1.00. The van der Waals surface area contributed by atoms with Crippen LogP contribution in [0.15, 0.2) is 0 Å². The van der Waals surface area contributed by atoms with Gasteiger partial charge in [0.2, 0.25) is 0 Å². The Morgan fingerprint density at radius 2 is 1.18 bits per heavy atom. The molecular formula is C16H39N. The van der Waals surface area contributed by atoms with Crippen molar-refractivity contribution < 1.29 is 0 Å². The van der Waals surface area contributed by atoms with E-state index >= 15 is 0 Å². The Kier molecular flexibility index (Phi) is 23.9. The topological polar surface area (TPSA) is 26.0 Å².